The van der Waals surface area contributed by atoms with Crippen molar-refractivity contribution in [1.29, 1.82) is 0 Å². The van der Waals surface area contributed by atoms with E-state index in [-0.39, 0.29) is 12.2 Å². The number of aryl methyl sites for hydroxylation is 2. The Kier molecular flexibility index (Phi) is 7.76. The summed E-state index contributed by atoms with van der Waals surface area (Å²) >= 11 is 3.17. The van der Waals surface area contributed by atoms with E-state index in [9.17, 15) is 4.79 Å². The van der Waals surface area contributed by atoms with Crippen LogP contribution in [0.15, 0.2) is 70.6 Å². The lowest BCUT2D eigenvalue weighted by atomic mass is 10.0. The number of aromatic nitrogens is 5. The van der Waals surface area contributed by atoms with E-state index in [0.29, 0.717) is 24.7 Å². The van der Waals surface area contributed by atoms with Gasteiger partial charge in [0, 0.05) is 41.6 Å². The molecule has 1 aliphatic rings. The maximum Gasteiger partial charge on any atom is 0.259 e. The first kappa shape index (κ1) is 25.8. The number of fused-ring (bicyclic) bond motifs is 3. The quantitative estimate of drug-likeness (QED) is 0.212. The second-order valence-corrected chi connectivity index (χ2v) is 11.4. The van der Waals surface area contributed by atoms with E-state index in [4.69, 9.17) is 14.5 Å². The first-order valence-corrected chi connectivity index (χ1v) is 14.9. The molecule has 3 heterocycles. The van der Waals surface area contributed by atoms with E-state index >= 15 is 0 Å². The predicted molar refractivity (Wildman–Crippen MR) is 154 cm³/mol. The van der Waals surface area contributed by atoms with E-state index < -0.39 is 0 Å². The monoisotopic (exact) mass is 559 g/mol. The maximum atomic E-state index is 13.0. The summed E-state index contributed by atoms with van der Waals surface area (Å²) in [7, 11) is 1.68. The average Bonchev–Trinajstić information content (AvgIpc) is 3.55. The van der Waals surface area contributed by atoms with Gasteiger partial charge in [0.15, 0.2) is 15.9 Å². The van der Waals surface area contributed by atoms with Gasteiger partial charge >= 0.3 is 0 Å². The Labute approximate surface area is 234 Å². The summed E-state index contributed by atoms with van der Waals surface area (Å²) < 4.78 is 15.4. The van der Waals surface area contributed by atoms with Crippen molar-refractivity contribution in [3.8, 4) is 16.9 Å². The molecule has 0 radical (unpaired) electrons. The molecule has 1 aliphatic carbocycles. The minimum absolute atomic E-state index is 0.00187. The Morgan fingerprint density at radius 3 is 2.72 bits per heavy atom. The SMILES string of the molecule is COCCn1c(COc2ccccc2-c2ccccc2)nnc1SCc1cc(=O)n2c3c(sc2n1)CCCC3. The average molecular weight is 560 g/mol. The molecule has 0 spiro atoms. The molecule has 0 amide bonds. The third-order valence-corrected chi connectivity index (χ3v) is 8.95. The molecule has 0 N–H and O–H groups in total. The Hall–Kier alpha value is -3.47. The smallest absolute Gasteiger partial charge is 0.259 e. The van der Waals surface area contributed by atoms with Crippen molar-refractivity contribution in [3.05, 3.63) is 93.1 Å². The van der Waals surface area contributed by atoms with Gasteiger partial charge in [0.25, 0.3) is 5.56 Å². The van der Waals surface area contributed by atoms with Gasteiger partial charge in [0.2, 0.25) is 0 Å². The Bertz CT molecular complexity index is 1640. The number of nitrogens with zero attached hydrogens (tertiary/aromatic N) is 5. The minimum atomic E-state index is 0.00187. The van der Waals surface area contributed by atoms with Crippen LogP contribution >= 0.6 is 23.1 Å². The molecule has 0 fully saturated rings. The fourth-order valence-corrected chi connectivity index (χ4v) is 6.99. The largest absolute Gasteiger partial charge is 0.485 e. The van der Waals surface area contributed by atoms with Crippen molar-refractivity contribution in [2.75, 3.05) is 13.7 Å². The number of hydrogen-bond acceptors (Lipinski definition) is 8. The van der Waals surface area contributed by atoms with Gasteiger partial charge in [0.1, 0.15) is 12.4 Å². The molecule has 10 heteroatoms. The molecule has 5 aromatic rings. The van der Waals surface area contributed by atoms with E-state index in [1.807, 2.05) is 41.0 Å². The van der Waals surface area contributed by atoms with E-state index in [1.54, 1.807) is 28.9 Å². The van der Waals surface area contributed by atoms with Crippen molar-refractivity contribution >= 4 is 28.1 Å². The van der Waals surface area contributed by atoms with Crippen LogP contribution in [0.3, 0.4) is 0 Å². The third-order valence-electron chi connectivity index (χ3n) is 6.80. The van der Waals surface area contributed by atoms with Crippen LogP contribution < -0.4 is 10.3 Å². The minimum Gasteiger partial charge on any atom is -0.485 e. The van der Waals surface area contributed by atoms with Gasteiger partial charge in [-0.05, 0) is 37.3 Å². The van der Waals surface area contributed by atoms with Crippen LogP contribution in [-0.4, -0.2) is 37.9 Å². The topological polar surface area (TPSA) is 83.5 Å². The van der Waals surface area contributed by atoms with Crippen molar-refractivity contribution in [3.63, 3.8) is 0 Å². The first-order valence-electron chi connectivity index (χ1n) is 13.1. The van der Waals surface area contributed by atoms with Crippen LogP contribution in [0.4, 0.5) is 0 Å². The number of methoxy groups -OCH3 is 1. The zero-order valence-corrected chi connectivity index (χ0v) is 23.3. The van der Waals surface area contributed by atoms with Crippen molar-refractivity contribution in [1.82, 2.24) is 24.1 Å². The highest BCUT2D eigenvalue weighted by Gasteiger charge is 2.19. The Morgan fingerprint density at radius 2 is 1.85 bits per heavy atom. The molecule has 3 aromatic heterocycles. The normalized spacial score (nSPS) is 13.1. The molecule has 8 nitrogen and oxygen atoms in total. The van der Waals surface area contributed by atoms with Crippen LogP contribution in [0.2, 0.25) is 0 Å². The summed E-state index contributed by atoms with van der Waals surface area (Å²) in [4.78, 5) is 19.9. The molecule has 2 aromatic carbocycles. The van der Waals surface area contributed by atoms with Gasteiger partial charge < -0.3 is 14.0 Å². The van der Waals surface area contributed by atoms with Gasteiger partial charge in [-0.2, -0.15) is 0 Å². The van der Waals surface area contributed by atoms with Crippen LogP contribution in [-0.2, 0) is 36.5 Å². The van der Waals surface area contributed by atoms with Crippen molar-refractivity contribution in [2.45, 2.75) is 49.7 Å². The standard InChI is InChI=1S/C29H29N5O3S2/c1-36-16-15-33-26(18-37-24-13-7-5-11-22(24)20-9-3-2-4-10-20)31-32-29(33)38-19-21-17-27(35)34-23-12-6-8-14-25(23)39-28(34)30-21/h2-5,7,9-11,13,17H,6,8,12,14-16,18-19H2,1H3. The summed E-state index contributed by atoms with van der Waals surface area (Å²) in [5, 5.41) is 9.63. The zero-order chi connectivity index (χ0) is 26.6. The predicted octanol–water partition coefficient (Wildman–Crippen LogP) is 5.41. The highest BCUT2D eigenvalue weighted by atomic mass is 32.2. The lowest BCUT2D eigenvalue weighted by molar-refractivity contribution is 0.181. The number of rotatable bonds is 10. The molecule has 200 valence electrons. The van der Waals surface area contributed by atoms with Crippen LogP contribution in [0.25, 0.3) is 16.1 Å². The van der Waals surface area contributed by atoms with Gasteiger partial charge in [-0.15, -0.1) is 21.5 Å². The van der Waals surface area contributed by atoms with Crippen LogP contribution in [0.1, 0.15) is 34.9 Å². The first-order chi connectivity index (χ1) is 19.2. The molecule has 0 bridgehead atoms. The van der Waals surface area contributed by atoms with Gasteiger partial charge in [-0.1, -0.05) is 60.3 Å². The molecular formula is C29H29N5O3S2. The molecule has 6 rings (SSSR count). The molecule has 0 unspecified atom stereocenters. The fourth-order valence-electron chi connectivity index (χ4n) is 4.88. The highest BCUT2D eigenvalue weighted by Crippen LogP contribution is 2.31. The maximum absolute atomic E-state index is 13.0. The second kappa shape index (κ2) is 11.7. The van der Waals surface area contributed by atoms with Gasteiger partial charge in [-0.25, -0.2) is 4.98 Å². The van der Waals surface area contributed by atoms with Crippen LogP contribution in [0, 0.1) is 0 Å². The number of ether oxygens (including phenoxy) is 2. The third kappa shape index (κ3) is 5.50. The molecule has 0 saturated heterocycles. The second-order valence-electron chi connectivity index (χ2n) is 9.37. The van der Waals surface area contributed by atoms with Gasteiger partial charge in [0.05, 0.1) is 12.3 Å². The molecular weight excluding hydrogens is 530 g/mol. The van der Waals surface area contributed by atoms with Gasteiger partial charge in [-0.3, -0.25) is 9.20 Å². The molecule has 0 saturated carbocycles. The Balaban J connectivity index is 1.20. The van der Waals surface area contributed by atoms with E-state index in [1.165, 1.54) is 23.1 Å². The Morgan fingerprint density at radius 1 is 1.03 bits per heavy atom. The van der Waals surface area contributed by atoms with Crippen molar-refractivity contribution in [2.24, 2.45) is 0 Å². The van der Waals surface area contributed by atoms with Crippen LogP contribution in [0.5, 0.6) is 5.75 Å². The summed E-state index contributed by atoms with van der Waals surface area (Å²) in [6.45, 7) is 1.39. The number of benzene rings is 2. The summed E-state index contributed by atoms with van der Waals surface area (Å²) in [5.74, 6) is 2.03. The number of hydrogen-bond donors (Lipinski definition) is 0. The van der Waals surface area contributed by atoms with E-state index in [2.05, 4.69) is 28.4 Å². The lowest BCUT2D eigenvalue weighted by Crippen LogP contribution is -2.17. The lowest BCUT2D eigenvalue weighted by Gasteiger charge is -2.13. The highest BCUT2D eigenvalue weighted by molar-refractivity contribution is 7.98. The van der Waals surface area contributed by atoms with E-state index in [0.717, 1.165) is 57.6 Å². The van der Waals surface area contributed by atoms with Crippen molar-refractivity contribution < 1.29 is 9.47 Å². The molecule has 0 aliphatic heterocycles. The zero-order valence-electron chi connectivity index (χ0n) is 21.7. The summed E-state index contributed by atoms with van der Waals surface area (Å²) in [6, 6.07) is 19.8. The summed E-state index contributed by atoms with van der Waals surface area (Å²) in [6.07, 6.45) is 4.30. The fraction of sp³-hybridized carbons (Fsp3) is 0.310. The number of thiazole rings is 1. The molecule has 0 atom stereocenters. The molecule has 39 heavy (non-hydrogen) atoms. The number of thioether (sulfide) groups is 1. The summed E-state index contributed by atoms with van der Waals surface area (Å²) in [5.41, 5.74) is 4.02. The number of para-hydroxylation sites is 1.